The summed E-state index contributed by atoms with van der Waals surface area (Å²) in [4.78, 5) is 4.20. The lowest BCUT2D eigenvalue weighted by Crippen LogP contribution is -1.78. The zero-order chi connectivity index (χ0) is 9.80. The van der Waals surface area contributed by atoms with E-state index in [4.69, 9.17) is 0 Å². The minimum Gasteiger partial charge on any atom is -0.506 e. The Morgan fingerprint density at radius 1 is 1.29 bits per heavy atom. The summed E-state index contributed by atoms with van der Waals surface area (Å²) in [7, 11) is 0. The zero-order valence-corrected chi connectivity index (χ0v) is 7.72. The number of benzene rings is 1. The Morgan fingerprint density at radius 2 is 2.14 bits per heavy atom. The predicted molar refractivity (Wildman–Crippen MR) is 58.1 cm³/mol. The van der Waals surface area contributed by atoms with Gasteiger partial charge in [0, 0.05) is 6.21 Å². The van der Waals surface area contributed by atoms with E-state index in [-0.39, 0.29) is 5.75 Å². The average molecular weight is 185 g/mol. The van der Waals surface area contributed by atoms with Crippen LogP contribution in [0, 0.1) is 0 Å². The average Bonchev–Trinajstić information content (AvgIpc) is 2.69. The van der Waals surface area contributed by atoms with Crippen LogP contribution in [0.4, 0.5) is 5.69 Å². The summed E-state index contributed by atoms with van der Waals surface area (Å²) in [5.41, 5.74) is 1.77. The molecule has 1 aromatic carbocycles. The smallest absolute Gasteiger partial charge is 0.141 e. The molecule has 2 rings (SSSR count). The molecule has 0 aliphatic heterocycles. The monoisotopic (exact) mass is 185 g/mol. The first-order valence-corrected chi connectivity index (χ1v) is 4.54. The fourth-order valence-electron chi connectivity index (χ4n) is 1.29. The Bertz CT molecular complexity index is 416. The number of aliphatic imine (C=N–C) groups is 1. The van der Waals surface area contributed by atoms with Crippen molar-refractivity contribution in [1.82, 2.24) is 0 Å². The maximum atomic E-state index is 9.44. The standard InChI is InChI=1S/C12H11NO/c14-12-8-4-3-7-11(12)13-9-10-5-1-2-6-10/h1-5,7-9,14H,6H2. The van der Waals surface area contributed by atoms with Crippen LogP contribution in [-0.4, -0.2) is 11.3 Å². The Hall–Kier alpha value is -1.83. The van der Waals surface area contributed by atoms with Gasteiger partial charge in [0.05, 0.1) is 0 Å². The van der Waals surface area contributed by atoms with Crippen LogP contribution in [-0.2, 0) is 0 Å². The Labute approximate surface area is 82.9 Å². The van der Waals surface area contributed by atoms with Crippen LogP contribution < -0.4 is 0 Å². The Morgan fingerprint density at radius 3 is 2.86 bits per heavy atom. The molecule has 0 radical (unpaired) electrons. The van der Waals surface area contributed by atoms with Crippen molar-refractivity contribution < 1.29 is 5.11 Å². The molecule has 0 heterocycles. The van der Waals surface area contributed by atoms with Gasteiger partial charge < -0.3 is 5.11 Å². The zero-order valence-electron chi connectivity index (χ0n) is 7.72. The van der Waals surface area contributed by atoms with Gasteiger partial charge in [0.2, 0.25) is 0 Å². The van der Waals surface area contributed by atoms with Gasteiger partial charge in [0.1, 0.15) is 11.4 Å². The van der Waals surface area contributed by atoms with E-state index in [0.29, 0.717) is 5.69 Å². The molecule has 1 aromatic rings. The van der Waals surface area contributed by atoms with E-state index < -0.39 is 0 Å². The highest BCUT2D eigenvalue weighted by Gasteiger charge is 1.97. The van der Waals surface area contributed by atoms with E-state index in [9.17, 15) is 5.11 Å². The Balaban J connectivity index is 2.14. The van der Waals surface area contributed by atoms with Crippen LogP contribution in [0.5, 0.6) is 5.75 Å². The summed E-state index contributed by atoms with van der Waals surface area (Å²) in [6.07, 6.45) is 8.81. The number of para-hydroxylation sites is 2. The lowest BCUT2D eigenvalue weighted by molar-refractivity contribution is 0.477. The van der Waals surface area contributed by atoms with Crippen LogP contribution >= 0.6 is 0 Å². The van der Waals surface area contributed by atoms with Gasteiger partial charge in [-0.25, -0.2) is 0 Å². The SMILES string of the molecule is Oc1ccccc1N=CC1=CC=CC1. The third-order valence-corrected chi connectivity index (χ3v) is 2.05. The minimum absolute atomic E-state index is 0.218. The molecule has 1 aliphatic carbocycles. The quantitative estimate of drug-likeness (QED) is 0.706. The highest BCUT2D eigenvalue weighted by Crippen LogP contribution is 2.24. The molecule has 0 bridgehead atoms. The molecule has 0 atom stereocenters. The first-order chi connectivity index (χ1) is 6.86. The number of hydrogen-bond donors (Lipinski definition) is 1. The van der Waals surface area contributed by atoms with Crippen molar-refractivity contribution in [2.45, 2.75) is 6.42 Å². The van der Waals surface area contributed by atoms with Gasteiger partial charge in [-0.2, -0.15) is 0 Å². The van der Waals surface area contributed by atoms with Crippen molar-refractivity contribution in [1.29, 1.82) is 0 Å². The van der Waals surface area contributed by atoms with Gasteiger partial charge in [-0.1, -0.05) is 30.4 Å². The molecule has 2 heteroatoms. The summed E-state index contributed by atoms with van der Waals surface area (Å²) in [6.45, 7) is 0. The minimum atomic E-state index is 0.218. The van der Waals surface area contributed by atoms with E-state index in [0.717, 1.165) is 12.0 Å². The molecular formula is C12H11NO. The van der Waals surface area contributed by atoms with Gasteiger partial charge >= 0.3 is 0 Å². The van der Waals surface area contributed by atoms with Gasteiger partial charge in [0.25, 0.3) is 0 Å². The number of aromatic hydroxyl groups is 1. The van der Waals surface area contributed by atoms with Gasteiger partial charge in [0.15, 0.2) is 0 Å². The van der Waals surface area contributed by atoms with Crippen molar-refractivity contribution in [2.24, 2.45) is 4.99 Å². The normalized spacial score (nSPS) is 15.0. The van der Waals surface area contributed by atoms with Crippen LogP contribution in [0.15, 0.2) is 53.1 Å². The van der Waals surface area contributed by atoms with Gasteiger partial charge in [-0.15, -0.1) is 0 Å². The summed E-state index contributed by atoms with van der Waals surface area (Å²) in [5.74, 6) is 0.218. The number of phenols is 1. The van der Waals surface area contributed by atoms with Crippen LogP contribution in [0.1, 0.15) is 6.42 Å². The first-order valence-electron chi connectivity index (χ1n) is 4.54. The molecule has 1 aliphatic rings. The Kier molecular flexibility index (Phi) is 2.45. The van der Waals surface area contributed by atoms with E-state index in [2.05, 4.69) is 11.1 Å². The lowest BCUT2D eigenvalue weighted by Gasteiger charge is -1.96. The number of rotatable bonds is 2. The summed E-state index contributed by atoms with van der Waals surface area (Å²) in [6, 6.07) is 7.06. The molecule has 0 unspecified atom stereocenters. The molecule has 0 fully saturated rings. The second kappa shape index (κ2) is 3.92. The number of allylic oxidation sites excluding steroid dienone is 4. The van der Waals surface area contributed by atoms with Gasteiger partial charge in [-0.3, -0.25) is 4.99 Å². The maximum absolute atomic E-state index is 9.44. The molecular weight excluding hydrogens is 174 g/mol. The summed E-state index contributed by atoms with van der Waals surface area (Å²) in [5, 5.41) is 9.44. The van der Waals surface area contributed by atoms with E-state index in [1.807, 2.05) is 18.2 Å². The second-order valence-corrected chi connectivity index (χ2v) is 3.12. The molecule has 70 valence electrons. The molecule has 14 heavy (non-hydrogen) atoms. The molecule has 0 amide bonds. The molecule has 1 N–H and O–H groups in total. The molecule has 0 saturated carbocycles. The molecule has 0 aromatic heterocycles. The van der Waals surface area contributed by atoms with Crippen LogP contribution in [0.25, 0.3) is 0 Å². The number of nitrogens with zero attached hydrogens (tertiary/aromatic N) is 1. The van der Waals surface area contributed by atoms with E-state index in [1.54, 1.807) is 24.4 Å². The van der Waals surface area contributed by atoms with Gasteiger partial charge in [-0.05, 0) is 24.1 Å². The van der Waals surface area contributed by atoms with E-state index >= 15 is 0 Å². The topological polar surface area (TPSA) is 32.6 Å². The largest absolute Gasteiger partial charge is 0.506 e. The molecule has 0 spiro atoms. The third-order valence-electron chi connectivity index (χ3n) is 2.05. The predicted octanol–water partition coefficient (Wildman–Crippen LogP) is 2.98. The van der Waals surface area contributed by atoms with E-state index in [1.165, 1.54) is 0 Å². The first kappa shape index (κ1) is 8.75. The number of phenolic OH excluding ortho intramolecular Hbond substituents is 1. The highest BCUT2D eigenvalue weighted by atomic mass is 16.3. The summed E-state index contributed by atoms with van der Waals surface area (Å²) >= 11 is 0. The molecule has 2 nitrogen and oxygen atoms in total. The maximum Gasteiger partial charge on any atom is 0.141 e. The number of hydrogen-bond acceptors (Lipinski definition) is 2. The van der Waals surface area contributed by atoms with Crippen molar-refractivity contribution in [3.05, 3.63) is 48.1 Å². The fourth-order valence-corrected chi connectivity index (χ4v) is 1.29. The summed E-state index contributed by atoms with van der Waals surface area (Å²) < 4.78 is 0. The van der Waals surface area contributed by atoms with Crippen molar-refractivity contribution >= 4 is 11.9 Å². The van der Waals surface area contributed by atoms with Crippen molar-refractivity contribution in [3.8, 4) is 5.75 Å². The highest BCUT2D eigenvalue weighted by molar-refractivity contribution is 5.83. The van der Waals surface area contributed by atoms with Crippen molar-refractivity contribution in [2.75, 3.05) is 0 Å². The second-order valence-electron chi connectivity index (χ2n) is 3.12. The van der Waals surface area contributed by atoms with Crippen molar-refractivity contribution in [3.63, 3.8) is 0 Å². The molecule has 0 saturated heterocycles. The van der Waals surface area contributed by atoms with Crippen LogP contribution in [0.3, 0.4) is 0 Å². The van der Waals surface area contributed by atoms with Crippen LogP contribution in [0.2, 0.25) is 0 Å². The fraction of sp³-hybridized carbons (Fsp3) is 0.0833. The third kappa shape index (κ3) is 1.91. The lowest BCUT2D eigenvalue weighted by atomic mass is 10.2.